The van der Waals surface area contributed by atoms with Gasteiger partial charge in [0.2, 0.25) is 0 Å². The standard InChI is InChI=1S/C14H15NO2/c1-9(16)13-8-11-12(15-13)6-3-7-14(11)17-10-4-2-5-10/h3,6-8,10,15H,2,4-5H2,1H3. The summed E-state index contributed by atoms with van der Waals surface area (Å²) >= 11 is 0. The molecule has 0 unspecified atom stereocenters. The van der Waals surface area contributed by atoms with Gasteiger partial charge in [-0.1, -0.05) is 6.07 Å². The molecular weight excluding hydrogens is 214 g/mol. The Morgan fingerprint density at radius 1 is 1.41 bits per heavy atom. The third-order valence-electron chi connectivity index (χ3n) is 3.35. The summed E-state index contributed by atoms with van der Waals surface area (Å²) in [5.74, 6) is 0.937. The van der Waals surface area contributed by atoms with Gasteiger partial charge in [-0.25, -0.2) is 0 Å². The lowest BCUT2D eigenvalue weighted by Crippen LogP contribution is -2.24. The molecule has 17 heavy (non-hydrogen) atoms. The van der Waals surface area contributed by atoms with E-state index in [0.29, 0.717) is 11.8 Å². The van der Waals surface area contributed by atoms with E-state index in [1.165, 1.54) is 6.42 Å². The highest BCUT2D eigenvalue weighted by atomic mass is 16.5. The average molecular weight is 229 g/mol. The molecule has 1 aromatic carbocycles. The summed E-state index contributed by atoms with van der Waals surface area (Å²) in [6, 6.07) is 7.77. The highest BCUT2D eigenvalue weighted by Crippen LogP contribution is 2.31. The van der Waals surface area contributed by atoms with Gasteiger partial charge in [-0.15, -0.1) is 0 Å². The van der Waals surface area contributed by atoms with Gasteiger partial charge in [0.15, 0.2) is 5.78 Å². The minimum absolute atomic E-state index is 0.0517. The molecule has 1 aliphatic carbocycles. The van der Waals surface area contributed by atoms with Crippen molar-refractivity contribution in [2.45, 2.75) is 32.3 Å². The number of H-pyrrole nitrogens is 1. The zero-order valence-corrected chi connectivity index (χ0v) is 9.82. The van der Waals surface area contributed by atoms with E-state index in [9.17, 15) is 4.79 Å². The SMILES string of the molecule is CC(=O)c1cc2c(OC3CCC3)cccc2[nH]1. The number of hydrogen-bond donors (Lipinski definition) is 1. The Morgan fingerprint density at radius 3 is 2.88 bits per heavy atom. The summed E-state index contributed by atoms with van der Waals surface area (Å²) in [6.07, 6.45) is 3.89. The van der Waals surface area contributed by atoms with Crippen LogP contribution in [0.4, 0.5) is 0 Å². The summed E-state index contributed by atoms with van der Waals surface area (Å²) in [5.41, 5.74) is 1.61. The van der Waals surface area contributed by atoms with Gasteiger partial charge in [0, 0.05) is 17.8 Å². The first-order valence-electron chi connectivity index (χ1n) is 6.03. The topological polar surface area (TPSA) is 42.1 Å². The Labute approximate surface area is 99.8 Å². The van der Waals surface area contributed by atoms with E-state index < -0.39 is 0 Å². The van der Waals surface area contributed by atoms with Crippen LogP contribution in [0.1, 0.15) is 36.7 Å². The molecule has 3 heteroatoms. The van der Waals surface area contributed by atoms with Crippen molar-refractivity contribution in [2.24, 2.45) is 0 Å². The van der Waals surface area contributed by atoms with Crippen LogP contribution >= 0.6 is 0 Å². The van der Waals surface area contributed by atoms with Crippen molar-refractivity contribution in [3.05, 3.63) is 30.0 Å². The van der Waals surface area contributed by atoms with Crippen molar-refractivity contribution in [2.75, 3.05) is 0 Å². The zero-order valence-electron chi connectivity index (χ0n) is 9.82. The zero-order chi connectivity index (χ0) is 11.8. The second-order valence-electron chi connectivity index (χ2n) is 4.63. The number of ether oxygens (including phenoxy) is 1. The number of hydrogen-bond acceptors (Lipinski definition) is 2. The minimum Gasteiger partial charge on any atom is -0.490 e. The molecule has 0 bridgehead atoms. The molecule has 1 aromatic heterocycles. The summed E-state index contributed by atoms with van der Waals surface area (Å²) in [4.78, 5) is 14.5. The van der Waals surface area contributed by atoms with Crippen LogP contribution in [0.15, 0.2) is 24.3 Å². The highest BCUT2D eigenvalue weighted by molar-refractivity contribution is 5.99. The quantitative estimate of drug-likeness (QED) is 0.820. The third kappa shape index (κ3) is 1.82. The third-order valence-corrected chi connectivity index (χ3v) is 3.35. The molecule has 0 aliphatic heterocycles. The van der Waals surface area contributed by atoms with Gasteiger partial charge >= 0.3 is 0 Å². The predicted octanol–water partition coefficient (Wildman–Crippen LogP) is 3.30. The predicted molar refractivity (Wildman–Crippen MR) is 66.6 cm³/mol. The number of carbonyl (C=O) groups excluding carboxylic acids is 1. The van der Waals surface area contributed by atoms with Crippen LogP contribution in [0.3, 0.4) is 0 Å². The number of Topliss-reactive ketones (excluding diaryl/α,β-unsaturated/α-hetero) is 1. The van der Waals surface area contributed by atoms with E-state index in [1.807, 2.05) is 24.3 Å². The van der Waals surface area contributed by atoms with Crippen molar-refractivity contribution < 1.29 is 9.53 Å². The van der Waals surface area contributed by atoms with Crippen molar-refractivity contribution in [1.82, 2.24) is 4.98 Å². The molecule has 0 amide bonds. The van der Waals surface area contributed by atoms with Gasteiger partial charge in [-0.3, -0.25) is 4.79 Å². The number of ketones is 1. The van der Waals surface area contributed by atoms with Crippen LogP contribution in [-0.4, -0.2) is 16.9 Å². The number of aromatic amines is 1. The van der Waals surface area contributed by atoms with Crippen molar-refractivity contribution >= 4 is 16.7 Å². The fraction of sp³-hybridized carbons (Fsp3) is 0.357. The Morgan fingerprint density at radius 2 is 2.24 bits per heavy atom. The Hall–Kier alpha value is -1.77. The Balaban J connectivity index is 2.01. The van der Waals surface area contributed by atoms with Gasteiger partial charge in [0.1, 0.15) is 5.75 Å². The minimum atomic E-state index is 0.0517. The van der Waals surface area contributed by atoms with E-state index >= 15 is 0 Å². The number of rotatable bonds is 3. The lowest BCUT2D eigenvalue weighted by Gasteiger charge is -2.26. The van der Waals surface area contributed by atoms with Crippen molar-refractivity contribution in [1.29, 1.82) is 0 Å². The van der Waals surface area contributed by atoms with Gasteiger partial charge in [0.05, 0.1) is 11.8 Å². The molecule has 88 valence electrons. The molecule has 2 aromatic rings. The lowest BCUT2D eigenvalue weighted by molar-refractivity contribution is 0.101. The Kier molecular flexibility index (Phi) is 2.39. The normalized spacial score (nSPS) is 15.8. The van der Waals surface area contributed by atoms with Gasteiger partial charge in [-0.05, 0) is 37.5 Å². The summed E-state index contributed by atoms with van der Waals surface area (Å²) in [5, 5.41) is 1.00. The van der Waals surface area contributed by atoms with Crippen LogP contribution in [0.5, 0.6) is 5.75 Å². The van der Waals surface area contributed by atoms with Gasteiger partial charge in [0.25, 0.3) is 0 Å². The molecule has 1 saturated carbocycles. The highest BCUT2D eigenvalue weighted by Gasteiger charge is 2.20. The van der Waals surface area contributed by atoms with E-state index in [2.05, 4.69) is 4.98 Å². The van der Waals surface area contributed by atoms with Crippen LogP contribution in [0.2, 0.25) is 0 Å². The molecule has 3 nitrogen and oxygen atoms in total. The second kappa shape index (κ2) is 3.91. The maximum absolute atomic E-state index is 11.3. The molecule has 0 atom stereocenters. The fourth-order valence-electron chi connectivity index (χ4n) is 2.09. The largest absolute Gasteiger partial charge is 0.490 e. The molecule has 1 aliphatic rings. The van der Waals surface area contributed by atoms with Crippen LogP contribution < -0.4 is 4.74 Å². The number of fused-ring (bicyclic) bond motifs is 1. The maximum Gasteiger partial charge on any atom is 0.175 e. The van der Waals surface area contributed by atoms with Gasteiger partial charge in [-0.2, -0.15) is 0 Å². The monoisotopic (exact) mass is 229 g/mol. The molecule has 1 N–H and O–H groups in total. The number of nitrogens with one attached hydrogen (secondary N) is 1. The van der Waals surface area contributed by atoms with Crippen molar-refractivity contribution in [3.8, 4) is 5.75 Å². The molecule has 0 radical (unpaired) electrons. The molecule has 0 spiro atoms. The van der Waals surface area contributed by atoms with E-state index in [-0.39, 0.29) is 5.78 Å². The van der Waals surface area contributed by atoms with E-state index in [1.54, 1.807) is 6.92 Å². The lowest BCUT2D eigenvalue weighted by atomic mass is 9.96. The first kappa shape index (κ1) is 10.4. The van der Waals surface area contributed by atoms with E-state index in [4.69, 9.17) is 4.74 Å². The summed E-state index contributed by atoms with van der Waals surface area (Å²) in [6.45, 7) is 1.57. The van der Waals surface area contributed by atoms with Gasteiger partial charge < -0.3 is 9.72 Å². The number of benzene rings is 1. The van der Waals surface area contributed by atoms with Crippen molar-refractivity contribution in [3.63, 3.8) is 0 Å². The summed E-state index contributed by atoms with van der Waals surface area (Å²) in [7, 11) is 0. The smallest absolute Gasteiger partial charge is 0.175 e. The van der Waals surface area contributed by atoms with E-state index in [0.717, 1.165) is 29.5 Å². The second-order valence-corrected chi connectivity index (χ2v) is 4.63. The van der Waals surface area contributed by atoms with Crippen LogP contribution in [0.25, 0.3) is 10.9 Å². The average Bonchev–Trinajstić information content (AvgIpc) is 2.67. The summed E-state index contributed by atoms with van der Waals surface area (Å²) < 4.78 is 5.93. The molecule has 1 heterocycles. The molecular formula is C14H15NO2. The first-order valence-corrected chi connectivity index (χ1v) is 6.03. The maximum atomic E-state index is 11.3. The number of carbonyl (C=O) groups is 1. The van der Waals surface area contributed by atoms with Crippen LogP contribution in [0, 0.1) is 0 Å². The molecule has 0 saturated heterocycles. The van der Waals surface area contributed by atoms with Crippen LogP contribution in [-0.2, 0) is 0 Å². The molecule has 3 rings (SSSR count). The first-order chi connectivity index (χ1) is 8.24. The fourth-order valence-corrected chi connectivity index (χ4v) is 2.09. The molecule has 1 fully saturated rings. The number of aromatic nitrogens is 1. The Bertz CT molecular complexity index is 567.